The van der Waals surface area contributed by atoms with Gasteiger partial charge >= 0.3 is 0 Å². The summed E-state index contributed by atoms with van der Waals surface area (Å²) in [6, 6.07) is 12.7. The molecule has 3 aromatic rings. The summed E-state index contributed by atoms with van der Waals surface area (Å²) in [7, 11) is -9.35. The van der Waals surface area contributed by atoms with Gasteiger partial charge in [0, 0.05) is 17.0 Å². The first-order valence-electron chi connectivity index (χ1n) is 8.12. The molecule has 0 bridgehead atoms. The van der Waals surface area contributed by atoms with Crippen LogP contribution in [-0.4, -0.2) is 32.2 Å². The Bertz CT molecular complexity index is 1350. The van der Waals surface area contributed by atoms with Gasteiger partial charge in [0.05, 0.1) is 17.1 Å². The Morgan fingerprint density at radius 1 is 0.724 bits per heavy atom. The lowest BCUT2D eigenvalue weighted by Gasteiger charge is -2.08. The monoisotopic (exact) mass is 433 g/mol. The van der Waals surface area contributed by atoms with Crippen molar-refractivity contribution in [2.24, 2.45) is 15.2 Å². The lowest BCUT2D eigenvalue weighted by atomic mass is 10.1. The summed E-state index contributed by atoms with van der Waals surface area (Å²) in [5.74, 6) is 0. The van der Waals surface area contributed by atoms with E-state index in [0.29, 0.717) is 11.4 Å². The number of benzene rings is 3. The van der Waals surface area contributed by atoms with Gasteiger partial charge in [-0.25, -0.2) is 0 Å². The van der Waals surface area contributed by atoms with Crippen LogP contribution in [0.5, 0.6) is 0 Å². The number of nitrogens with zero attached hydrogens (tertiary/aromatic N) is 3. The zero-order valence-electron chi connectivity index (χ0n) is 15.0. The Morgan fingerprint density at radius 3 is 1.90 bits per heavy atom. The minimum absolute atomic E-state index is 0.0307. The highest BCUT2D eigenvalue weighted by molar-refractivity contribution is 7.86. The molecule has 9 nitrogen and oxygen atoms in total. The Balaban J connectivity index is 2.17. The molecule has 2 N–H and O–H groups in total. The van der Waals surface area contributed by atoms with Crippen molar-refractivity contribution in [2.75, 3.05) is 0 Å². The number of rotatable bonds is 5. The van der Waals surface area contributed by atoms with Crippen LogP contribution in [0, 0.1) is 0 Å². The van der Waals surface area contributed by atoms with E-state index >= 15 is 0 Å². The van der Waals surface area contributed by atoms with E-state index in [4.69, 9.17) is 0 Å². The van der Waals surface area contributed by atoms with Gasteiger partial charge in [-0.15, -0.1) is 0 Å². The van der Waals surface area contributed by atoms with Gasteiger partial charge in [-0.2, -0.15) is 27.1 Å². The van der Waals surface area contributed by atoms with Crippen molar-refractivity contribution in [3.8, 4) is 0 Å². The maximum atomic E-state index is 11.8. The van der Waals surface area contributed by atoms with Crippen molar-refractivity contribution in [2.45, 2.75) is 16.7 Å². The van der Waals surface area contributed by atoms with E-state index in [9.17, 15) is 25.9 Å². The molecule has 0 saturated heterocycles. The van der Waals surface area contributed by atoms with Crippen LogP contribution < -0.4 is 0 Å². The standard InChI is InChI=1S/C18H15N3O6S2/c1-2-19-12-6-8-13(9-7-12)20-21-14-10-16-15(18(11-14)29(25,26)27)4-3-5-17(16)28(22,23)24/h2-11H,1H3,(H,22,23,24)(H,25,26,27). The highest BCUT2D eigenvalue weighted by Gasteiger charge is 2.21. The van der Waals surface area contributed by atoms with Crippen molar-refractivity contribution < 1.29 is 25.9 Å². The molecule has 3 aromatic carbocycles. The molecule has 0 aliphatic rings. The molecule has 0 atom stereocenters. The van der Waals surface area contributed by atoms with E-state index in [1.807, 2.05) is 0 Å². The SMILES string of the molecule is CC=Nc1ccc(N=Nc2cc(S(=O)(=O)O)c3cccc(S(=O)(=O)O)c3c2)cc1. The lowest BCUT2D eigenvalue weighted by molar-refractivity contribution is 0.481. The molecule has 0 fully saturated rings. The van der Waals surface area contributed by atoms with Crippen LogP contribution in [0.25, 0.3) is 10.8 Å². The summed E-state index contributed by atoms with van der Waals surface area (Å²) in [5.41, 5.74) is 1.12. The smallest absolute Gasteiger partial charge is 0.282 e. The number of fused-ring (bicyclic) bond motifs is 1. The average molecular weight is 433 g/mol. The molecule has 0 aliphatic heterocycles. The summed E-state index contributed by atoms with van der Waals surface area (Å²) in [4.78, 5) is 3.03. The number of hydrogen-bond acceptors (Lipinski definition) is 7. The molecule has 0 amide bonds. The van der Waals surface area contributed by atoms with Crippen LogP contribution in [0.2, 0.25) is 0 Å². The Labute approximate surface area is 166 Å². The van der Waals surface area contributed by atoms with Crippen molar-refractivity contribution in [1.82, 2.24) is 0 Å². The largest absolute Gasteiger partial charge is 0.295 e. The summed E-state index contributed by atoms with van der Waals surface area (Å²) >= 11 is 0. The van der Waals surface area contributed by atoms with E-state index in [-0.39, 0.29) is 16.5 Å². The number of azo groups is 1. The summed E-state index contributed by atoms with van der Waals surface area (Å²) in [6.45, 7) is 1.78. The van der Waals surface area contributed by atoms with Gasteiger partial charge in [-0.1, -0.05) is 12.1 Å². The van der Waals surface area contributed by atoms with Crippen LogP contribution >= 0.6 is 0 Å². The van der Waals surface area contributed by atoms with Gasteiger partial charge in [0.2, 0.25) is 0 Å². The quantitative estimate of drug-likeness (QED) is 0.345. The molecule has 0 saturated carbocycles. The molecular formula is C18H15N3O6S2. The van der Waals surface area contributed by atoms with E-state index in [1.54, 1.807) is 37.4 Å². The van der Waals surface area contributed by atoms with Gasteiger partial charge in [-0.3, -0.25) is 14.1 Å². The van der Waals surface area contributed by atoms with Crippen LogP contribution in [0.1, 0.15) is 6.92 Å². The number of hydrogen-bond donors (Lipinski definition) is 2. The molecule has 0 aliphatic carbocycles. The third-order valence-corrected chi connectivity index (χ3v) is 5.67. The van der Waals surface area contributed by atoms with E-state index in [2.05, 4.69) is 15.2 Å². The first-order valence-corrected chi connectivity index (χ1v) is 11.0. The van der Waals surface area contributed by atoms with Crippen molar-refractivity contribution in [3.05, 3.63) is 54.6 Å². The summed E-state index contributed by atoms with van der Waals surface area (Å²) < 4.78 is 65.9. The topological polar surface area (TPSA) is 146 Å². The highest BCUT2D eigenvalue weighted by Crippen LogP contribution is 2.33. The van der Waals surface area contributed by atoms with Crippen molar-refractivity contribution >= 4 is 54.3 Å². The molecule has 0 aromatic heterocycles. The fourth-order valence-corrected chi connectivity index (χ4v) is 4.10. The second-order valence-electron chi connectivity index (χ2n) is 5.85. The maximum absolute atomic E-state index is 11.8. The normalized spacial score (nSPS) is 12.9. The van der Waals surface area contributed by atoms with Crippen LogP contribution in [0.3, 0.4) is 0 Å². The Morgan fingerprint density at radius 2 is 1.31 bits per heavy atom. The predicted molar refractivity (Wildman–Crippen MR) is 108 cm³/mol. The zero-order chi connectivity index (χ0) is 21.2. The van der Waals surface area contributed by atoms with Gasteiger partial charge in [0.25, 0.3) is 20.2 Å². The van der Waals surface area contributed by atoms with E-state index in [1.165, 1.54) is 18.2 Å². The maximum Gasteiger partial charge on any atom is 0.295 e. The third kappa shape index (κ3) is 4.71. The fraction of sp³-hybridized carbons (Fsp3) is 0.0556. The van der Waals surface area contributed by atoms with Crippen LogP contribution in [0.4, 0.5) is 17.1 Å². The third-order valence-electron chi connectivity index (χ3n) is 3.87. The molecular weight excluding hydrogens is 418 g/mol. The summed E-state index contributed by atoms with van der Waals surface area (Å²) in [5, 5.41) is 7.72. The van der Waals surface area contributed by atoms with Gasteiger partial charge in [-0.05, 0) is 49.4 Å². The minimum Gasteiger partial charge on any atom is -0.282 e. The molecule has 29 heavy (non-hydrogen) atoms. The predicted octanol–water partition coefficient (Wildman–Crippen LogP) is 4.47. The fourth-order valence-electron chi connectivity index (χ4n) is 2.68. The van der Waals surface area contributed by atoms with Crippen LogP contribution in [-0.2, 0) is 20.2 Å². The number of aliphatic imine (C=N–C) groups is 1. The average Bonchev–Trinajstić information content (AvgIpc) is 2.65. The lowest BCUT2D eigenvalue weighted by Crippen LogP contribution is -2.03. The molecule has 0 heterocycles. The molecule has 3 rings (SSSR count). The van der Waals surface area contributed by atoms with E-state index < -0.39 is 30.0 Å². The van der Waals surface area contributed by atoms with Gasteiger partial charge in [0.15, 0.2) is 0 Å². The first-order chi connectivity index (χ1) is 13.6. The van der Waals surface area contributed by atoms with Crippen molar-refractivity contribution in [3.63, 3.8) is 0 Å². The second kappa shape index (κ2) is 7.79. The van der Waals surface area contributed by atoms with E-state index in [0.717, 1.165) is 12.1 Å². The van der Waals surface area contributed by atoms with Crippen molar-refractivity contribution in [1.29, 1.82) is 0 Å². The molecule has 0 unspecified atom stereocenters. The first kappa shape index (κ1) is 20.7. The molecule has 11 heteroatoms. The second-order valence-corrected chi connectivity index (χ2v) is 8.63. The summed E-state index contributed by atoms with van der Waals surface area (Å²) in [6.07, 6.45) is 1.63. The zero-order valence-corrected chi connectivity index (χ0v) is 16.6. The highest BCUT2D eigenvalue weighted by atomic mass is 32.2. The van der Waals surface area contributed by atoms with Gasteiger partial charge < -0.3 is 0 Å². The van der Waals surface area contributed by atoms with Crippen LogP contribution in [0.15, 0.2) is 79.6 Å². The molecule has 0 radical (unpaired) electrons. The molecule has 150 valence electrons. The van der Waals surface area contributed by atoms with Gasteiger partial charge in [0.1, 0.15) is 9.79 Å². The Kier molecular flexibility index (Phi) is 5.57. The molecule has 0 spiro atoms. The minimum atomic E-state index is -4.70. The Hall–Kier alpha value is -2.99.